The molecular weight excluding hydrogens is 574 g/mol. The highest BCUT2D eigenvalue weighted by atomic mass is 16.2. The summed E-state index contributed by atoms with van der Waals surface area (Å²) in [7, 11) is 0. The summed E-state index contributed by atoms with van der Waals surface area (Å²) < 4.78 is 0. The van der Waals surface area contributed by atoms with Gasteiger partial charge < -0.3 is 9.80 Å². The van der Waals surface area contributed by atoms with Gasteiger partial charge in [0, 0.05) is 51.2 Å². The number of carbonyl (C=O) groups is 1. The van der Waals surface area contributed by atoms with Crippen LogP contribution in [-0.2, 0) is 4.79 Å². The Labute approximate surface area is 289 Å². The van der Waals surface area contributed by atoms with Crippen LogP contribution in [0.5, 0.6) is 0 Å². The van der Waals surface area contributed by atoms with E-state index in [4.69, 9.17) is 0 Å². The van der Waals surface area contributed by atoms with Gasteiger partial charge in [-0.15, -0.1) is 0 Å². The van der Waals surface area contributed by atoms with Crippen molar-refractivity contribution < 1.29 is 4.79 Å². The third-order valence-corrected chi connectivity index (χ3v) is 19.3. The Morgan fingerprint density at radius 1 is 0.681 bits per heavy atom. The maximum absolute atomic E-state index is 14.6. The molecule has 266 valence electrons. The highest BCUT2D eigenvalue weighted by molar-refractivity contribution is 5.80. The van der Waals surface area contributed by atoms with Crippen LogP contribution in [0.25, 0.3) is 0 Å². The Morgan fingerprint density at radius 3 is 2.02 bits per heavy atom. The van der Waals surface area contributed by atoms with E-state index in [0.717, 1.165) is 48.6 Å². The van der Waals surface area contributed by atoms with Gasteiger partial charge in [0.15, 0.2) is 0 Å². The van der Waals surface area contributed by atoms with Gasteiger partial charge in [-0.2, -0.15) is 0 Å². The number of likely N-dealkylation sites (N-methyl/N-ethyl adjacent to an activating group) is 1. The molecule has 1 amide bonds. The molecule has 1 unspecified atom stereocenters. The van der Waals surface area contributed by atoms with Crippen molar-refractivity contribution in [2.45, 2.75) is 145 Å². The third-order valence-electron chi connectivity index (χ3n) is 19.3. The second kappa shape index (κ2) is 11.4. The van der Waals surface area contributed by atoms with E-state index >= 15 is 0 Å². The molecule has 2 saturated heterocycles. The first-order valence-corrected chi connectivity index (χ1v) is 21.0. The normalized spacial score (nSPS) is 49.8. The predicted octanol–water partition coefficient (Wildman–Crippen LogP) is 8.99. The zero-order valence-electron chi connectivity index (χ0n) is 32.1. The highest BCUT2D eigenvalue weighted by Gasteiger charge is 2.71. The fourth-order valence-corrected chi connectivity index (χ4v) is 15.6. The molecule has 6 aliphatic carbocycles. The van der Waals surface area contributed by atoms with E-state index in [1.165, 1.54) is 116 Å². The van der Waals surface area contributed by atoms with Crippen molar-refractivity contribution in [2.75, 3.05) is 45.8 Å². The van der Waals surface area contributed by atoms with Crippen LogP contribution in [0.1, 0.15) is 139 Å². The standard InChI is InChI=1S/C43H73N3O/c1-9-44-24-26-45(27-25-44)30-15-22-46(23-16-30)38(47)32-28-34(40(5)20-21-40)37-31(32)13-18-42(7)33(37)10-11-36-41(6)17-12-29(2)39(3,4)35(41)14-19-43(36,42)8/h29-37H,9-28H2,1-8H3/t29-,31?,32+,33+,34+,35-,36+,37-,41-,42+,43+/m0/s1. The zero-order valence-corrected chi connectivity index (χ0v) is 32.1. The van der Waals surface area contributed by atoms with Crippen LogP contribution in [0.4, 0.5) is 0 Å². The average Bonchev–Trinajstić information content (AvgIpc) is 3.68. The number of hydrogen-bond acceptors (Lipinski definition) is 3. The molecule has 47 heavy (non-hydrogen) atoms. The molecule has 11 atom stereocenters. The molecule has 8 aliphatic rings. The molecule has 0 aromatic carbocycles. The summed E-state index contributed by atoms with van der Waals surface area (Å²) in [6, 6.07) is 0.689. The topological polar surface area (TPSA) is 26.8 Å². The van der Waals surface area contributed by atoms with Gasteiger partial charge in [0.05, 0.1) is 0 Å². The summed E-state index contributed by atoms with van der Waals surface area (Å²) in [6.45, 7) is 29.2. The second-order valence-corrected chi connectivity index (χ2v) is 20.8. The van der Waals surface area contributed by atoms with Crippen molar-refractivity contribution in [1.29, 1.82) is 0 Å². The Bertz CT molecular complexity index is 1190. The van der Waals surface area contributed by atoms with Gasteiger partial charge >= 0.3 is 0 Å². The predicted molar refractivity (Wildman–Crippen MR) is 194 cm³/mol. The number of nitrogens with zero attached hydrogens (tertiary/aromatic N) is 3. The average molecular weight is 648 g/mol. The van der Waals surface area contributed by atoms with Gasteiger partial charge in [0.1, 0.15) is 0 Å². The molecule has 2 heterocycles. The maximum atomic E-state index is 14.6. The maximum Gasteiger partial charge on any atom is 0.225 e. The molecule has 0 N–H and O–H groups in total. The summed E-state index contributed by atoms with van der Waals surface area (Å²) in [5.74, 6) is 6.52. The smallest absolute Gasteiger partial charge is 0.225 e. The molecule has 0 aromatic heterocycles. The lowest BCUT2D eigenvalue weighted by Crippen LogP contribution is -2.65. The molecule has 2 aliphatic heterocycles. The van der Waals surface area contributed by atoms with Crippen molar-refractivity contribution in [3.8, 4) is 0 Å². The first-order chi connectivity index (χ1) is 22.3. The van der Waals surface area contributed by atoms with Crippen LogP contribution in [0.15, 0.2) is 0 Å². The minimum atomic E-state index is 0.302. The van der Waals surface area contributed by atoms with Gasteiger partial charge in [-0.1, -0.05) is 55.4 Å². The molecular formula is C43H73N3O. The van der Waals surface area contributed by atoms with E-state index in [-0.39, 0.29) is 0 Å². The number of hydrogen-bond donors (Lipinski definition) is 0. The van der Waals surface area contributed by atoms with Crippen LogP contribution in [0.2, 0.25) is 0 Å². The number of piperazine rings is 1. The van der Waals surface area contributed by atoms with Crippen LogP contribution in [-0.4, -0.2) is 72.5 Å². The Kier molecular flexibility index (Phi) is 8.17. The minimum Gasteiger partial charge on any atom is -0.342 e. The van der Waals surface area contributed by atoms with Crippen molar-refractivity contribution in [2.24, 2.45) is 74.4 Å². The Morgan fingerprint density at radius 2 is 1.36 bits per heavy atom. The molecule has 6 saturated carbocycles. The van der Waals surface area contributed by atoms with Crippen LogP contribution in [0, 0.1) is 74.4 Å². The van der Waals surface area contributed by atoms with E-state index in [1.807, 2.05) is 0 Å². The Hall–Kier alpha value is -0.610. The first kappa shape index (κ1) is 33.5. The van der Waals surface area contributed by atoms with Gasteiger partial charge in [-0.25, -0.2) is 0 Å². The second-order valence-electron chi connectivity index (χ2n) is 20.8. The fraction of sp³-hybridized carbons (Fsp3) is 0.977. The highest BCUT2D eigenvalue weighted by Crippen LogP contribution is 2.78. The van der Waals surface area contributed by atoms with Crippen molar-refractivity contribution in [3.63, 3.8) is 0 Å². The first-order valence-electron chi connectivity index (χ1n) is 21.0. The van der Waals surface area contributed by atoms with Gasteiger partial charge in [-0.05, 0) is 159 Å². The van der Waals surface area contributed by atoms with E-state index in [1.54, 1.807) is 0 Å². The number of fused-ring (bicyclic) bond motifs is 7. The lowest BCUT2D eigenvalue weighted by atomic mass is 9.32. The van der Waals surface area contributed by atoms with Gasteiger partial charge in [0.25, 0.3) is 0 Å². The zero-order chi connectivity index (χ0) is 33.1. The molecule has 8 rings (SSSR count). The van der Waals surface area contributed by atoms with Crippen LogP contribution >= 0.6 is 0 Å². The van der Waals surface area contributed by atoms with E-state index in [0.29, 0.717) is 50.9 Å². The van der Waals surface area contributed by atoms with Crippen molar-refractivity contribution in [1.82, 2.24) is 14.7 Å². The lowest BCUT2D eigenvalue weighted by Gasteiger charge is -2.72. The van der Waals surface area contributed by atoms with E-state index in [9.17, 15) is 4.79 Å². The fourth-order valence-electron chi connectivity index (χ4n) is 15.6. The number of amides is 1. The quantitative estimate of drug-likeness (QED) is 0.305. The summed E-state index contributed by atoms with van der Waals surface area (Å²) in [4.78, 5) is 22.4. The molecule has 4 nitrogen and oxygen atoms in total. The van der Waals surface area contributed by atoms with Crippen LogP contribution in [0.3, 0.4) is 0 Å². The summed E-state index contributed by atoms with van der Waals surface area (Å²) in [5.41, 5.74) is 2.35. The summed E-state index contributed by atoms with van der Waals surface area (Å²) >= 11 is 0. The summed E-state index contributed by atoms with van der Waals surface area (Å²) in [6.07, 6.45) is 17.8. The molecule has 0 radical (unpaired) electrons. The number of rotatable bonds is 4. The van der Waals surface area contributed by atoms with Crippen LogP contribution < -0.4 is 0 Å². The van der Waals surface area contributed by atoms with Crippen molar-refractivity contribution in [3.05, 3.63) is 0 Å². The van der Waals surface area contributed by atoms with Gasteiger partial charge in [-0.3, -0.25) is 9.69 Å². The SMILES string of the molecule is CCN1CCN(C2CCN(C(=O)[C@@H]3C[C@@H](C4(C)CC4)[C@H]4C3CC[C@]3(C)[C@@H]4CC[C@@H]4[C@@]5(C)CC[C@H](C)C(C)(C)[C@@H]5CC[C@]43C)CC2)CC1. The molecule has 8 fully saturated rings. The summed E-state index contributed by atoms with van der Waals surface area (Å²) in [5, 5.41) is 0. The third kappa shape index (κ3) is 4.88. The molecule has 0 bridgehead atoms. The monoisotopic (exact) mass is 648 g/mol. The number of piperidine rings is 1. The molecule has 4 heteroatoms. The van der Waals surface area contributed by atoms with E-state index in [2.05, 4.69) is 70.1 Å². The van der Waals surface area contributed by atoms with Gasteiger partial charge in [0.2, 0.25) is 5.91 Å². The molecule has 0 spiro atoms. The Balaban J connectivity index is 1.01. The number of carbonyl (C=O) groups excluding carboxylic acids is 1. The minimum absolute atomic E-state index is 0.302. The molecule has 0 aromatic rings. The number of likely N-dealkylation sites (tertiary alicyclic amines) is 1. The lowest BCUT2D eigenvalue weighted by molar-refractivity contribution is -0.236. The van der Waals surface area contributed by atoms with Crippen molar-refractivity contribution >= 4 is 5.91 Å². The largest absolute Gasteiger partial charge is 0.342 e. The van der Waals surface area contributed by atoms with E-state index < -0.39 is 0 Å².